The molecular weight excluding hydrogens is 977 g/mol. The first-order valence-electron chi connectivity index (χ1n) is 19.1. The summed E-state index contributed by atoms with van der Waals surface area (Å²) >= 11 is 0. The third-order valence-corrected chi connectivity index (χ3v) is 10.4. The van der Waals surface area contributed by atoms with Crippen molar-refractivity contribution in [2.45, 2.75) is 32.9 Å². The maximum atomic E-state index is 15.4. The summed E-state index contributed by atoms with van der Waals surface area (Å²) in [4.78, 5) is 12.1. The number of pyridine rings is 1. The Kier molecular flexibility index (Phi) is 13.9. The van der Waals surface area contributed by atoms with Crippen LogP contribution in [0.3, 0.4) is 0 Å². The topological polar surface area (TPSA) is 30.2 Å². The quantitative estimate of drug-likeness (QED) is 0.0398. The summed E-state index contributed by atoms with van der Waals surface area (Å²) in [6, 6.07) is 20.1. The second-order valence-corrected chi connectivity index (χ2v) is 15.7. The molecule has 0 aliphatic heterocycles. The first-order chi connectivity index (χ1) is 32.1. The molecule has 1 heterocycles. The molecule has 7 aromatic rings. The molecule has 362 valence electrons. The summed E-state index contributed by atoms with van der Waals surface area (Å²) in [7, 11) is 0. The smallest absolute Gasteiger partial charge is 0.338 e. The Morgan fingerprint density at radius 3 is 1.03 bits per heavy atom. The van der Waals surface area contributed by atoms with Crippen LogP contribution < -0.4 is 26.4 Å². The predicted molar refractivity (Wildman–Crippen MR) is 204 cm³/mol. The van der Waals surface area contributed by atoms with Gasteiger partial charge in [-0.2, -0.15) is 4.57 Å². The number of esters is 1. The van der Waals surface area contributed by atoms with Crippen LogP contribution >= 0.6 is 0 Å². The van der Waals surface area contributed by atoms with Crippen molar-refractivity contribution in [1.82, 2.24) is 0 Å². The fourth-order valence-electron chi connectivity index (χ4n) is 7.51. The number of ether oxygens (including phenoxy) is 1. The van der Waals surface area contributed by atoms with E-state index in [1.165, 1.54) is 10.9 Å². The summed E-state index contributed by atoms with van der Waals surface area (Å²) < 4.78 is 302. The van der Waals surface area contributed by atoms with Gasteiger partial charge in [-0.3, -0.25) is 0 Å². The minimum Gasteiger partial charge on any atom is -0.456 e. The minimum atomic E-state index is -7.22. The van der Waals surface area contributed by atoms with Gasteiger partial charge in [-0.1, -0.05) is 24.3 Å². The average Bonchev–Trinajstić information content (AvgIpc) is 3.31. The molecule has 0 bridgehead atoms. The minimum absolute atomic E-state index is 0.285. The second-order valence-electron chi connectivity index (χ2n) is 15.7. The van der Waals surface area contributed by atoms with Gasteiger partial charge in [0.05, 0.1) is 5.56 Å². The Bertz CT molecular complexity index is 2840. The van der Waals surface area contributed by atoms with Crippen LogP contribution in [-0.2, 0) is 11.3 Å². The molecule has 0 spiro atoms. The van der Waals surface area contributed by atoms with Crippen LogP contribution in [0.1, 0.15) is 36.7 Å². The van der Waals surface area contributed by atoms with E-state index in [0.29, 0.717) is 5.56 Å². The molecule has 0 aliphatic carbocycles. The highest BCUT2D eigenvalue weighted by Crippen LogP contribution is 2.31. The van der Waals surface area contributed by atoms with Crippen molar-refractivity contribution in [3.63, 3.8) is 0 Å². The fraction of sp³-hybridized carbons (Fsp3) is 0.111. The number of carbonyl (C=O) groups is 1. The van der Waals surface area contributed by atoms with Gasteiger partial charge in [-0.15, -0.1) is 21.9 Å². The molecule has 3 nitrogen and oxygen atoms in total. The van der Waals surface area contributed by atoms with E-state index in [0.717, 1.165) is 12.1 Å². The highest BCUT2D eigenvalue weighted by atomic mass is 19.2. The summed E-state index contributed by atoms with van der Waals surface area (Å²) in [5.41, 5.74) is -11.9. The van der Waals surface area contributed by atoms with E-state index in [9.17, 15) is 57.5 Å². The van der Waals surface area contributed by atoms with E-state index in [1.54, 1.807) is 0 Å². The van der Waals surface area contributed by atoms with Crippen molar-refractivity contribution < 1.29 is 102 Å². The Labute approximate surface area is 373 Å². The maximum Gasteiger partial charge on any atom is 0.338 e. The fourth-order valence-corrected chi connectivity index (χ4v) is 7.51. The largest absolute Gasteiger partial charge is 0.456 e. The first kappa shape index (κ1) is 51.3. The average molecular weight is 999 g/mol. The van der Waals surface area contributed by atoms with Gasteiger partial charge in [0.1, 0.15) is 58.3 Å². The summed E-state index contributed by atoms with van der Waals surface area (Å²) in [6.45, 7) is 6.37. The summed E-state index contributed by atoms with van der Waals surface area (Å²) in [5, 5.41) is 1.21. The van der Waals surface area contributed by atoms with Crippen molar-refractivity contribution in [1.29, 1.82) is 0 Å². The third-order valence-electron chi connectivity index (χ3n) is 10.4. The number of fused-ring (bicyclic) bond motifs is 1. The normalized spacial score (nSPS) is 11.8. The van der Waals surface area contributed by atoms with Gasteiger partial charge in [-0.25, -0.2) is 92.6 Å². The number of benzene rings is 6. The maximum absolute atomic E-state index is 15.4. The lowest BCUT2D eigenvalue weighted by Gasteiger charge is -2.44. The van der Waals surface area contributed by atoms with Crippen molar-refractivity contribution in [3.05, 3.63) is 194 Å². The number of rotatable bonds is 7. The number of hydrogen-bond donors (Lipinski definition) is 0. The van der Waals surface area contributed by atoms with Crippen molar-refractivity contribution in [3.8, 4) is 0 Å². The number of nitrogens with zero attached hydrogens (tertiary/aromatic N) is 1. The molecule has 0 amide bonds. The lowest BCUT2D eigenvalue weighted by atomic mass is 9.12. The van der Waals surface area contributed by atoms with Crippen LogP contribution in [0, 0.1) is 116 Å². The van der Waals surface area contributed by atoms with Gasteiger partial charge < -0.3 is 4.74 Å². The highest BCUT2D eigenvalue weighted by molar-refractivity contribution is 7.20. The number of aromatic nitrogens is 1. The summed E-state index contributed by atoms with van der Waals surface area (Å²) in [6.07, 6.45) is -5.14. The van der Waals surface area contributed by atoms with Crippen LogP contribution in [0.2, 0.25) is 0 Å². The van der Waals surface area contributed by atoms with Crippen molar-refractivity contribution in [2.24, 2.45) is 0 Å². The molecule has 24 heteroatoms. The number of carbonyl (C=O) groups excluding carboxylic acids is 1. The van der Waals surface area contributed by atoms with E-state index < -0.39 is 150 Å². The second kappa shape index (κ2) is 18.7. The zero-order valence-electron chi connectivity index (χ0n) is 34.5. The van der Waals surface area contributed by atoms with Crippen molar-refractivity contribution >= 4 is 44.9 Å². The third kappa shape index (κ3) is 8.57. The molecule has 7 rings (SSSR count). The lowest BCUT2D eigenvalue weighted by Crippen LogP contribution is -2.81. The Balaban J connectivity index is 0.000000273. The number of halogens is 20. The first-order valence-corrected chi connectivity index (χ1v) is 19.1. The molecule has 6 aromatic carbocycles. The zero-order valence-corrected chi connectivity index (χ0v) is 34.5. The van der Waals surface area contributed by atoms with E-state index in [4.69, 9.17) is 4.74 Å². The predicted octanol–water partition coefficient (Wildman–Crippen LogP) is 9.98. The van der Waals surface area contributed by atoms with E-state index in [1.807, 2.05) is 57.2 Å². The molecule has 0 atom stereocenters. The SMILES string of the molecule is CC(C)(C)OC(=O)c1ccc(C[n+]2cccc3ccccc32)cc1.Fc1c(F)c(F)c([B-](c2c(F)c(F)c(F)c(F)c2F)(c2c(F)c(F)c(F)c(F)c2F)c2c(F)c(F)c(F)c(F)c2F)c(F)c1F. The van der Waals surface area contributed by atoms with Gasteiger partial charge in [0.25, 0.3) is 0 Å². The van der Waals surface area contributed by atoms with Crippen LogP contribution in [-0.4, -0.2) is 17.7 Å². The molecular formula is C45H22BF20NO2. The monoisotopic (exact) mass is 999 g/mol. The van der Waals surface area contributed by atoms with Crippen LogP contribution in [0.25, 0.3) is 10.9 Å². The molecule has 0 saturated heterocycles. The number of para-hydroxylation sites is 1. The summed E-state index contributed by atoms with van der Waals surface area (Å²) in [5.74, 6) is -71.7. The highest BCUT2D eigenvalue weighted by Gasteiger charge is 2.52. The molecule has 0 aliphatic rings. The van der Waals surface area contributed by atoms with Gasteiger partial charge in [-0.05, 0) is 45.0 Å². The van der Waals surface area contributed by atoms with E-state index >= 15 is 35.1 Å². The Morgan fingerprint density at radius 2 is 0.710 bits per heavy atom. The van der Waals surface area contributed by atoms with Gasteiger partial charge in [0, 0.05) is 23.1 Å². The molecule has 69 heavy (non-hydrogen) atoms. The van der Waals surface area contributed by atoms with Crippen LogP contribution in [0.5, 0.6) is 0 Å². The molecule has 0 unspecified atom stereocenters. The van der Waals surface area contributed by atoms with Gasteiger partial charge >= 0.3 is 5.97 Å². The molecule has 0 N–H and O–H groups in total. The van der Waals surface area contributed by atoms with Crippen molar-refractivity contribution in [2.75, 3.05) is 0 Å². The molecule has 0 fully saturated rings. The molecule has 0 saturated carbocycles. The van der Waals surface area contributed by atoms with Gasteiger partial charge in [0.15, 0.2) is 82.5 Å². The van der Waals surface area contributed by atoms with Gasteiger partial charge in [0.2, 0.25) is 5.52 Å². The zero-order chi connectivity index (χ0) is 51.5. The van der Waals surface area contributed by atoms with E-state index in [2.05, 4.69) is 35.0 Å². The Morgan fingerprint density at radius 1 is 0.420 bits per heavy atom. The van der Waals surface area contributed by atoms with Crippen LogP contribution in [0.15, 0.2) is 66.9 Å². The Hall–Kier alpha value is -7.14. The molecule has 1 aromatic heterocycles. The van der Waals surface area contributed by atoms with E-state index in [-0.39, 0.29) is 5.97 Å². The standard InChI is InChI=1S/C24BF20.C21H22NO2/c26-5-1(6(27)14(35)21(42)13(5)34)25(2-7(28)15(36)22(43)16(37)8(2)29,3-9(30)17(38)23(44)18(39)10(3)31)4-11(32)19(40)24(45)20(41)12(4)33;1-21(2,3)24-20(23)18-12-10-16(11-13-18)15-22-14-6-8-17-7-4-5-9-19(17)22/h;4-14H,15H2,1-3H3/q-1;+1. The molecule has 0 radical (unpaired) electrons. The number of hydrogen-bond acceptors (Lipinski definition) is 2. The lowest BCUT2D eigenvalue weighted by molar-refractivity contribution is -0.662. The van der Waals surface area contributed by atoms with Crippen LogP contribution in [0.4, 0.5) is 87.8 Å².